The average molecular weight is 216 g/mol. The predicted octanol–water partition coefficient (Wildman–Crippen LogP) is 2.22. The second-order valence-corrected chi connectivity index (χ2v) is 3.73. The van der Waals surface area contributed by atoms with Gasteiger partial charge in [0.05, 0.1) is 0 Å². The predicted molar refractivity (Wildman–Crippen MR) is 45.3 cm³/mol. The first-order valence-corrected chi connectivity index (χ1v) is 4.73. The highest BCUT2D eigenvalue weighted by atomic mass is 79.9. The Morgan fingerprint density at radius 1 is 1.27 bits per heavy atom. The van der Waals surface area contributed by atoms with E-state index in [1.54, 1.807) is 0 Å². The standard InChI is InChI=1S/C7H10BrN3/c8-7-6(9-11-10-7)5-3-1-2-4-5/h5H,1-4H2,(H,9,10,11). The van der Waals surface area contributed by atoms with Crippen LogP contribution in [-0.2, 0) is 0 Å². The molecule has 60 valence electrons. The monoisotopic (exact) mass is 215 g/mol. The molecular weight excluding hydrogens is 206 g/mol. The third kappa shape index (κ3) is 1.31. The van der Waals surface area contributed by atoms with Crippen LogP contribution < -0.4 is 0 Å². The topological polar surface area (TPSA) is 41.6 Å². The van der Waals surface area contributed by atoms with Gasteiger partial charge in [0.2, 0.25) is 0 Å². The van der Waals surface area contributed by atoms with Crippen molar-refractivity contribution >= 4 is 15.9 Å². The molecule has 1 aliphatic rings. The summed E-state index contributed by atoms with van der Waals surface area (Å²) in [6.45, 7) is 0. The summed E-state index contributed by atoms with van der Waals surface area (Å²) in [6.07, 6.45) is 5.21. The number of hydrogen-bond acceptors (Lipinski definition) is 2. The quantitative estimate of drug-likeness (QED) is 0.781. The van der Waals surface area contributed by atoms with Crippen LogP contribution in [0.15, 0.2) is 4.60 Å². The maximum Gasteiger partial charge on any atom is 0.151 e. The van der Waals surface area contributed by atoms with Crippen LogP contribution >= 0.6 is 15.9 Å². The van der Waals surface area contributed by atoms with Crippen LogP contribution in [0.3, 0.4) is 0 Å². The number of aromatic amines is 1. The van der Waals surface area contributed by atoms with Crippen LogP contribution in [0.4, 0.5) is 0 Å². The van der Waals surface area contributed by atoms with Crippen molar-refractivity contribution in [1.29, 1.82) is 0 Å². The number of halogens is 1. The third-order valence-corrected chi connectivity index (χ3v) is 2.86. The van der Waals surface area contributed by atoms with Crippen molar-refractivity contribution < 1.29 is 0 Å². The lowest BCUT2D eigenvalue weighted by Crippen LogP contribution is -1.93. The highest BCUT2D eigenvalue weighted by molar-refractivity contribution is 9.10. The van der Waals surface area contributed by atoms with Crippen molar-refractivity contribution in [2.45, 2.75) is 31.6 Å². The second kappa shape index (κ2) is 2.93. The van der Waals surface area contributed by atoms with E-state index in [0.29, 0.717) is 5.92 Å². The van der Waals surface area contributed by atoms with E-state index in [4.69, 9.17) is 0 Å². The molecule has 1 aliphatic carbocycles. The first kappa shape index (κ1) is 7.28. The van der Waals surface area contributed by atoms with Gasteiger partial charge in [0.1, 0.15) is 5.69 Å². The van der Waals surface area contributed by atoms with Crippen molar-refractivity contribution in [2.75, 3.05) is 0 Å². The van der Waals surface area contributed by atoms with Crippen LogP contribution in [0.25, 0.3) is 0 Å². The average Bonchev–Trinajstić information content (AvgIpc) is 2.55. The molecular formula is C7H10BrN3. The van der Waals surface area contributed by atoms with E-state index in [2.05, 4.69) is 31.3 Å². The fourth-order valence-corrected chi connectivity index (χ4v) is 2.18. The highest BCUT2D eigenvalue weighted by Gasteiger charge is 2.21. The minimum atomic E-state index is 0.642. The molecule has 0 saturated heterocycles. The largest absolute Gasteiger partial charge is 0.197 e. The van der Waals surface area contributed by atoms with Gasteiger partial charge < -0.3 is 0 Å². The molecule has 2 rings (SSSR count). The Bertz CT molecular complexity index is 240. The zero-order valence-electron chi connectivity index (χ0n) is 6.18. The summed E-state index contributed by atoms with van der Waals surface area (Å²) >= 11 is 3.37. The molecule has 1 fully saturated rings. The van der Waals surface area contributed by atoms with Gasteiger partial charge in [0.15, 0.2) is 4.60 Å². The maximum atomic E-state index is 4.11. The number of hydrogen-bond donors (Lipinski definition) is 1. The Hall–Kier alpha value is -0.380. The molecule has 1 aromatic rings. The molecule has 0 bridgehead atoms. The van der Waals surface area contributed by atoms with Gasteiger partial charge in [-0.3, -0.25) is 0 Å². The molecule has 0 aromatic carbocycles. The third-order valence-electron chi connectivity index (χ3n) is 2.27. The zero-order chi connectivity index (χ0) is 7.68. The Morgan fingerprint density at radius 2 is 2.00 bits per heavy atom. The summed E-state index contributed by atoms with van der Waals surface area (Å²) in [5, 5.41) is 10.7. The number of aromatic nitrogens is 3. The molecule has 3 nitrogen and oxygen atoms in total. The minimum absolute atomic E-state index is 0.642. The molecule has 0 atom stereocenters. The van der Waals surface area contributed by atoms with Crippen molar-refractivity contribution in [3.05, 3.63) is 10.3 Å². The fourth-order valence-electron chi connectivity index (χ4n) is 1.69. The van der Waals surface area contributed by atoms with Crippen LogP contribution in [0.2, 0.25) is 0 Å². The van der Waals surface area contributed by atoms with Gasteiger partial charge in [0.25, 0.3) is 0 Å². The minimum Gasteiger partial charge on any atom is -0.197 e. The van der Waals surface area contributed by atoms with Crippen molar-refractivity contribution in [3.63, 3.8) is 0 Å². The van der Waals surface area contributed by atoms with E-state index in [1.807, 2.05) is 0 Å². The van der Waals surface area contributed by atoms with Crippen molar-refractivity contribution in [3.8, 4) is 0 Å². The lowest BCUT2D eigenvalue weighted by molar-refractivity contribution is 0.690. The second-order valence-electron chi connectivity index (χ2n) is 2.98. The van der Waals surface area contributed by atoms with Crippen LogP contribution in [0.1, 0.15) is 37.3 Å². The molecule has 0 amide bonds. The molecule has 11 heavy (non-hydrogen) atoms. The Balaban J connectivity index is 2.21. The Morgan fingerprint density at radius 3 is 2.55 bits per heavy atom. The van der Waals surface area contributed by atoms with E-state index < -0.39 is 0 Å². The summed E-state index contributed by atoms with van der Waals surface area (Å²) in [5.41, 5.74) is 1.11. The number of nitrogens with one attached hydrogen (secondary N) is 1. The van der Waals surface area contributed by atoms with E-state index in [-0.39, 0.29) is 0 Å². The van der Waals surface area contributed by atoms with Crippen molar-refractivity contribution in [2.24, 2.45) is 0 Å². The summed E-state index contributed by atoms with van der Waals surface area (Å²) in [7, 11) is 0. The van der Waals surface area contributed by atoms with E-state index in [1.165, 1.54) is 25.7 Å². The Labute approximate surface area is 73.7 Å². The van der Waals surface area contributed by atoms with Crippen LogP contribution in [0.5, 0.6) is 0 Å². The van der Waals surface area contributed by atoms with E-state index in [0.717, 1.165) is 10.3 Å². The lowest BCUT2D eigenvalue weighted by Gasteiger charge is -2.02. The molecule has 0 aliphatic heterocycles. The molecule has 1 aromatic heterocycles. The number of H-pyrrole nitrogens is 1. The molecule has 1 N–H and O–H groups in total. The van der Waals surface area contributed by atoms with Gasteiger partial charge in [-0.25, -0.2) is 0 Å². The maximum absolute atomic E-state index is 4.11. The summed E-state index contributed by atoms with van der Waals surface area (Å²) < 4.78 is 0.893. The normalized spacial score (nSPS) is 19.4. The lowest BCUT2D eigenvalue weighted by atomic mass is 10.1. The van der Waals surface area contributed by atoms with Gasteiger partial charge in [-0.05, 0) is 28.8 Å². The number of nitrogens with zero attached hydrogens (tertiary/aromatic N) is 2. The number of rotatable bonds is 1. The van der Waals surface area contributed by atoms with Gasteiger partial charge in [-0.15, -0.1) is 5.10 Å². The first-order chi connectivity index (χ1) is 5.38. The summed E-state index contributed by atoms with van der Waals surface area (Å²) in [4.78, 5) is 0. The smallest absolute Gasteiger partial charge is 0.151 e. The SMILES string of the molecule is Brc1n[nH]nc1C1CCCC1. The summed E-state index contributed by atoms with van der Waals surface area (Å²) in [5.74, 6) is 0.642. The highest BCUT2D eigenvalue weighted by Crippen LogP contribution is 2.35. The van der Waals surface area contributed by atoms with Gasteiger partial charge in [-0.2, -0.15) is 10.3 Å². The molecule has 0 radical (unpaired) electrons. The van der Waals surface area contributed by atoms with E-state index >= 15 is 0 Å². The van der Waals surface area contributed by atoms with Gasteiger partial charge >= 0.3 is 0 Å². The molecule has 4 heteroatoms. The summed E-state index contributed by atoms with van der Waals surface area (Å²) in [6, 6.07) is 0. The van der Waals surface area contributed by atoms with Crippen LogP contribution in [-0.4, -0.2) is 15.4 Å². The fraction of sp³-hybridized carbons (Fsp3) is 0.714. The van der Waals surface area contributed by atoms with Crippen LogP contribution in [0, 0.1) is 0 Å². The molecule has 1 saturated carbocycles. The first-order valence-electron chi connectivity index (χ1n) is 3.94. The van der Waals surface area contributed by atoms with Gasteiger partial charge in [-0.1, -0.05) is 12.8 Å². The van der Waals surface area contributed by atoms with E-state index in [9.17, 15) is 0 Å². The zero-order valence-corrected chi connectivity index (χ0v) is 7.76. The Kier molecular flexibility index (Phi) is 1.94. The molecule has 1 heterocycles. The van der Waals surface area contributed by atoms with Gasteiger partial charge in [0, 0.05) is 5.92 Å². The molecule has 0 unspecified atom stereocenters. The van der Waals surface area contributed by atoms with Crippen molar-refractivity contribution in [1.82, 2.24) is 15.4 Å². The molecule has 0 spiro atoms.